The van der Waals surface area contributed by atoms with Gasteiger partial charge in [0.2, 0.25) is 11.6 Å². The predicted octanol–water partition coefficient (Wildman–Crippen LogP) is 3.11. The normalized spacial score (nSPS) is 15.4. The van der Waals surface area contributed by atoms with Gasteiger partial charge in [-0.3, -0.25) is 9.59 Å². The number of Topliss-reactive ketones (excluding diaryl/α,β-unsaturated/α-hetero) is 2. The number of phenols is 1. The zero-order chi connectivity index (χ0) is 12.0. The van der Waals surface area contributed by atoms with E-state index in [1.807, 2.05) is 0 Å². The molecule has 2 rings (SSSR count). The average Bonchev–Trinajstić information content (AvgIpc) is 2.27. The standard InChI is InChI=1S/C10H3Cl3O3/c11-6-4(14)2-1-3-5(6)10(16)8(13)7(12)9(3)15/h1-2,14H. The Morgan fingerprint density at radius 2 is 1.50 bits per heavy atom. The van der Waals surface area contributed by atoms with Crippen LogP contribution in [0, 0.1) is 0 Å². The summed E-state index contributed by atoms with van der Waals surface area (Å²) >= 11 is 16.9. The van der Waals surface area contributed by atoms with Gasteiger partial charge < -0.3 is 5.11 Å². The molecule has 0 radical (unpaired) electrons. The SMILES string of the molecule is O=C1C(Cl)=C(Cl)C(=O)c2c1ccc(O)c2Cl. The predicted molar refractivity (Wildman–Crippen MR) is 60.5 cm³/mol. The maximum Gasteiger partial charge on any atom is 0.208 e. The molecule has 0 aliphatic heterocycles. The Morgan fingerprint density at radius 1 is 0.938 bits per heavy atom. The van der Waals surface area contributed by atoms with E-state index in [-0.39, 0.29) is 32.0 Å². The van der Waals surface area contributed by atoms with E-state index in [0.29, 0.717) is 0 Å². The van der Waals surface area contributed by atoms with Crippen LogP contribution in [0.25, 0.3) is 0 Å². The molecule has 1 aromatic rings. The van der Waals surface area contributed by atoms with Gasteiger partial charge in [-0.1, -0.05) is 34.8 Å². The summed E-state index contributed by atoms with van der Waals surface area (Å²) in [6.45, 7) is 0. The molecule has 0 heterocycles. The van der Waals surface area contributed by atoms with E-state index in [1.54, 1.807) is 0 Å². The van der Waals surface area contributed by atoms with Crippen LogP contribution in [0.1, 0.15) is 20.7 Å². The molecule has 0 spiro atoms. The van der Waals surface area contributed by atoms with Crippen molar-refractivity contribution in [3.8, 4) is 5.75 Å². The number of hydrogen-bond acceptors (Lipinski definition) is 3. The maximum atomic E-state index is 11.7. The van der Waals surface area contributed by atoms with Gasteiger partial charge in [-0.15, -0.1) is 0 Å². The minimum absolute atomic E-state index is 0.0437. The van der Waals surface area contributed by atoms with Gasteiger partial charge in [-0.25, -0.2) is 0 Å². The lowest BCUT2D eigenvalue weighted by Gasteiger charge is -2.15. The number of phenolic OH excluding ortho intramolecular Hbond substituents is 1. The quantitative estimate of drug-likeness (QED) is 0.792. The first-order chi connectivity index (χ1) is 7.45. The summed E-state index contributed by atoms with van der Waals surface area (Å²) in [6, 6.07) is 2.50. The van der Waals surface area contributed by atoms with Gasteiger partial charge in [0, 0.05) is 5.56 Å². The molecule has 1 aliphatic carbocycles. The summed E-state index contributed by atoms with van der Waals surface area (Å²) in [7, 11) is 0. The number of ketones is 2. The summed E-state index contributed by atoms with van der Waals surface area (Å²) in [6.07, 6.45) is 0. The third-order valence-corrected chi connectivity index (χ3v) is 3.39. The van der Waals surface area contributed by atoms with Crippen molar-refractivity contribution < 1.29 is 14.7 Å². The van der Waals surface area contributed by atoms with Crippen molar-refractivity contribution >= 4 is 46.4 Å². The van der Waals surface area contributed by atoms with E-state index in [2.05, 4.69) is 0 Å². The Morgan fingerprint density at radius 3 is 2.12 bits per heavy atom. The minimum Gasteiger partial charge on any atom is -0.506 e. The Balaban J connectivity index is 2.82. The fraction of sp³-hybridized carbons (Fsp3) is 0. The molecule has 6 heteroatoms. The molecule has 82 valence electrons. The summed E-state index contributed by atoms with van der Waals surface area (Å²) in [5.74, 6) is -1.53. The van der Waals surface area contributed by atoms with Gasteiger partial charge in [0.15, 0.2) is 0 Å². The second-order valence-electron chi connectivity index (χ2n) is 3.11. The summed E-state index contributed by atoms with van der Waals surface area (Å²) in [4.78, 5) is 23.4. The van der Waals surface area contributed by atoms with Crippen LogP contribution in [0.2, 0.25) is 5.02 Å². The lowest BCUT2D eigenvalue weighted by molar-refractivity contribution is 0.0986. The Labute approximate surface area is 105 Å². The zero-order valence-corrected chi connectivity index (χ0v) is 9.82. The smallest absolute Gasteiger partial charge is 0.208 e. The highest BCUT2D eigenvalue weighted by atomic mass is 35.5. The van der Waals surface area contributed by atoms with E-state index in [0.717, 1.165) is 0 Å². The monoisotopic (exact) mass is 276 g/mol. The number of carbonyl (C=O) groups excluding carboxylic acids is 2. The molecule has 3 nitrogen and oxygen atoms in total. The summed E-state index contributed by atoms with van der Waals surface area (Å²) in [5.41, 5.74) is -0.0664. The first-order valence-corrected chi connectivity index (χ1v) is 5.24. The van der Waals surface area contributed by atoms with Crippen LogP contribution in [0.15, 0.2) is 22.2 Å². The molecule has 0 amide bonds. The third kappa shape index (κ3) is 1.44. The fourth-order valence-electron chi connectivity index (χ4n) is 1.40. The van der Waals surface area contributed by atoms with E-state index in [1.165, 1.54) is 12.1 Å². The van der Waals surface area contributed by atoms with Gasteiger partial charge in [-0.05, 0) is 12.1 Å². The molecule has 0 unspecified atom stereocenters. The van der Waals surface area contributed by atoms with Crippen molar-refractivity contribution in [2.45, 2.75) is 0 Å². The van der Waals surface area contributed by atoms with Crippen LogP contribution < -0.4 is 0 Å². The molecule has 0 saturated heterocycles. The number of halogens is 3. The van der Waals surface area contributed by atoms with Crippen LogP contribution in [-0.4, -0.2) is 16.7 Å². The van der Waals surface area contributed by atoms with Gasteiger partial charge in [-0.2, -0.15) is 0 Å². The molecule has 1 aromatic carbocycles. The number of aromatic hydroxyl groups is 1. The van der Waals surface area contributed by atoms with Gasteiger partial charge >= 0.3 is 0 Å². The second kappa shape index (κ2) is 3.77. The number of hydrogen-bond donors (Lipinski definition) is 1. The Kier molecular flexibility index (Phi) is 2.70. The van der Waals surface area contributed by atoms with Gasteiger partial charge in [0.05, 0.1) is 10.6 Å². The Hall–Kier alpha value is -1.03. The van der Waals surface area contributed by atoms with E-state index in [9.17, 15) is 14.7 Å². The topological polar surface area (TPSA) is 54.4 Å². The first-order valence-electron chi connectivity index (χ1n) is 4.11. The van der Waals surface area contributed by atoms with Crippen LogP contribution in [0.4, 0.5) is 0 Å². The number of rotatable bonds is 0. The van der Waals surface area contributed by atoms with Crippen molar-refractivity contribution in [2.24, 2.45) is 0 Å². The fourth-order valence-corrected chi connectivity index (χ4v) is 2.02. The molecule has 0 fully saturated rings. The molecule has 0 atom stereocenters. The van der Waals surface area contributed by atoms with Crippen molar-refractivity contribution in [3.05, 3.63) is 38.3 Å². The van der Waals surface area contributed by atoms with Crippen molar-refractivity contribution in [1.29, 1.82) is 0 Å². The highest BCUT2D eigenvalue weighted by Gasteiger charge is 2.33. The summed E-state index contributed by atoms with van der Waals surface area (Å²) < 4.78 is 0. The maximum absolute atomic E-state index is 11.7. The zero-order valence-electron chi connectivity index (χ0n) is 7.55. The minimum atomic E-state index is -0.665. The number of fused-ring (bicyclic) bond motifs is 1. The highest BCUT2D eigenvalue weighted by molar-refractivity contribution is 6.60. The van der Waals surface area contributed by atoms with Crippen LogP contribution >= 0.6 is 34.8 Å². The highest BCUT2D eigenvalue weighted by Crippen LogP contribution is 2.38. The number of carbonyl (C=O) groups is 2. The molecule has 0 saturated carbocycles. The van der Waals surface area contributed by atoms with Crippen LogP contribution in [0.3, 0.4) is 0 Å². The molecular weight excluding hydrogens is 274 g/mol. The lowest BCUT2D eigenvalue weighted by atomic mass is 9.94. The molecule has 0 aromatic heterocycles. The van der Waals surface area contributed by atoms with Crippen molar-refractivity contribution in [2.75, 3.05) is 0 Å². The van der Waals surface area contributed by atoms with Gasteiger partial charge in [0.1, 0.15) is 15.8 Å². The lowest BCUT2D eigenvalue weighted by Crippen LogP contribution is -2.18. The molecule has 1 N–H and O–H groups in total. The number of allylic oxidation sites excluding steroid dienone is 2. The molecule has 0 bridgehead atoms. The van der Waals surface area contributed by atoms with Gasteiger partial charge in [0.25, 0.3) is 0 Å². The van der Waals surface area contributed by atoms with E-state index in [4.69, 9.17) is 34.8 Å². The van der Waals surface area contributed by atoms with Crippen molar-refractivity contribution in [1.82, 2.24) is 0 Å². The van der Waals surface area contributed by atoms with Crippen LogP contribution in [-0.2, 0) is 0 Å². The van der Waals surface area contributed by atoms with Crippen molar-refractivity contribution in [3.63, 3.8) is 0 Å². The Bertz CT molecular complexity index is 561. The molecule has 16 heavy (non-hydrogen) atoms. The molecule has 1 aliphatic rings. The summed E-state index contributed by atoms with van der Waals surface area (Å²) in [5, 5.41) is 8.43. The third-order valence-electron chi connectivity index (χ3n) is 2.18. The molecular formula is C10H3Cl3O3. The number of benzene rings is 1. The van der Waals surface area contributed by atoms with E-state index < -0.39 is 11.6 Å². The first kappa shape index (κ1) is 11.5. The van der Waals surface area contributed by atoms with Crippen LogP contribution in [0.5, 0.6) is 5.75 Å². The average molecular weight is 277 g/mol. The van der Waals surface area contributed by atoms with E-state index >= 15 is 0 Å². The second-order valence-corrected chi connectivity index (χ2v) is 4.24. The largest absolute Gasteiger partial charge is 0.506 e.